The molecule has 7 heteroatoms. The third-order valence-corrected chi connectivity index (χ3v) is 7.97. The lowest BCUT2D eigenvalue weighted by Crippen LogP contribution is -2.60. The van der Waals surface area contributed by atoms with Crippen LogP contribution in [0.3, 0.4) is 0 Å². The van der Waals surface area contributed by atoms with Crippen LogP contribution in [0.2, 0.25) is 5.02 Å². The van der Waals surface area contributed by atoms with E-state index < -0.39 is 0 Å². The molecule has 1 heterocycles. The molecule has 1 aromatic carbocycles. The second-order valence-corrected chi connectivity index (χ2v) is 10.7. The molecule has 1 amide bonds. The molecule has 0 radical (unpaired) electrons. The van der Waals surface area contributed by atoms with Gasteiger partial charge in [0.05, 0.1) is 10.9 Å². The lowest BCUT2D eigenvalue weighted by Gasteiger charge is -2.57. The van der Waals surface area contributed by atoms with E-state index in [0.717, 1.165) is 23.4 Å². The standard InChI is InChI=1S/C21H25ClN4OS/c1-13(28-20-25-23-12-26(20)18-4-2-3-17(22)8-18)19(27)24-21-9-14-5-15(10-21)7-16(6-14)11-21/h2-4,8,12-16H,5-7,9-11H2,1H3,(H,24,27). The first-order valence-corrected chi connectivity index (χ1v) is 11.4. The smallest absolute Gasteiger partial charge is 0.233 e. The number of benzene rings is 1. The van der Waals surface area contributed by atoms with Crippen LogP contribution < -0.4 is 5.32 Å². The van der Waals surface area contributed by atoms with Gasteiger partial charge in [0.25, 0.3) is 0 Å². The van der Waals surface area contributed by atoms with Crippen molar-refractivity contribution in [2.45, 2.75) is 61.4 Å². The molecule has 0 spiro atoms. The number of nitrogens with zero attached hydrogens (tertiary/aromatic N) is 3. The highest BCUT2D eigenvalue weighted by atomic mass is 35.5. The summed E-state index contributed by atoms with van der Waals surface area (Å²) in [6.45, 7) is 1.96. The normalized spacial score (nSPS) is 31.7. The molecule has 4 aliphatic rings. The number of thioether (sulfide) groups is 1. The monoisotopic (exact) mass is 416 g/mol. The van der Waals surface area contributed by atoms with E-state index >= 15 is 0 Å². The number of nitrogens with one attached hydrogen (secondary N) is 1. The van der Waals surface area contributed by atoms with Crippen LogP contribution in [0.15, 0.2) is 35.7 Å². The van der Waals surface area contributed by atoms with Crippen LogP contribution in [-0.2, 0) is 4.79 Å². The SMILES string of the molecule is CC(Sc1nncn1-c1cccc(Cl)c1)C(=O)NC12CC3CC(CC(C3)C1)C2. The molecule has 1 atom stereocenters. The fourth-order valence-corrected chi connectivity index (χ4v) is 6.97. The molecule has 1 N–H and O–H groups in total. The highest BCUT2D eigenvalue weighted by Gasteiger charge is 2.51. The molecule has 0 saturated heterocycles. The molecule has 28 heavy (non-hydrogen) atoms. The third-order valence-electron chi connectivity index (χ3n) is 6.68. The van der Waals surface area contributed by atoms with Crippen molar-refractivity contribution in [3.8, 4) is 5.69 Å². The van der Waals surface area contributed by atoms with E-state index in [1.807, 2.05) is 35.8 Å². The second kappa shape index (κ2) is 7.06. The van der Waals surface area contributed by atoms with Crippen molar-refractivity contribution in [3.63, 3.8) is 0 Å². The van der Waals surface area contributed by atoms with Crippen molar-refractivity contribution in [2.75, 3.05) is 0 Å². The first kappa shape index (κ1) is 18.5. The van der Waals surface area contributed by atoms with Crippen molar-refractivity contribution >= 4 is 29.3 Å². The van der Waals surface area contributed by atoms with Gasteiger partial charge in [-0.3, -0.25) is 9.36 Å². The van der Waals surface area contributed by atoms with E-state index in [2.05, 4.69) is 15.5 Å². The van der Waals surface area contributed by atoms with E-state index in [0.29, 0.717) is 10.2 Å². The summed E-state index contributed by atoms with van der Waals surface area (Å²) in [7, 11) is 0. The quantitative estimate of drug-likeness (QED) is 0.729. The molecule has 6 rings (SSSR count). The second-order valence-electron chi connectivity index (χ2n) is 8.91. The van der Waals surface area contributed by atoms with Crippen molar-refractivity contribution < 1.29 is 4.79 Å². The fraction of sp³-hybridized carbons (Fsp3) is 0.571. The van der Waals surface area contributed by atoms with E-state index in [1.54, 1.807) is 6.33 Å². The molecule has 4 fully saturated rings. The molecule has 5 nitrogen and oxygen atoms in total. The number of amides is 1. The highest BCUT2D eigenvalue weighted by molar-refractivity contribution is 8.00. The molecule has 1 unspecified atom stereocenters. The van der Waals surface area contributed by atoms with Crippen LogP contribution >= 0.6 is 23.4 Å². The Kier molecular flexibility index (Phi) is 4.67. The number of rotatable bonds is 5. The van der Waals surface area contributed by atoms with Gasteiger partial charge in [0.15, 0.2) is 5.16 Å². The van der Waals surface area contributed by atoms with Gasteiger partial charge in [-0.05, 0) is 81.4 Å². The highest BCUT2D eigenvalue weighted by Crippen LogP contribution is 2.55. The largest absolute Gasteiger partial charge is 0.350 e. The van der Waals surface area contributed by atoms with Gasteiger partial charge in [0, 0.05) is 10.6 Å². The lowest BCUT2D eigenvalue weighted by atomic mass is 9.53. The number of hydrogen-bond acceptors (Lipinski definition) is 4. The maximum atomic E-state index is 13.0. The Balaban J connectivity index is 1.28. The zero-order chi connectivity index (χ0) is 19.3. The minimum atomic E-state index is -0.227. The average molecular weight is 417 g/mol. The van der Waals surface area contributed by atoms with Crippen LogP contribution in [0.4, 0.5) is 0 Å². The molecular weight excluding hydrogens is 392 g/mol. The molecule has 4 aliphatic carbocycles. The van der Waals surface area contributed by atoms with Crippen molar-refractivity contribution in [1.82, 2.24) is 20.1 Å². The van der Waals surface area contributed by atoms with E-state index in [9.17, 15) is 4.79 Å². The van der Waals surface area contributed by atoms with Crippen molar-refractivity contribution in [2.24, 2.45) is 17.8 Å². The van der Waals surface area contributed by atoms with Crippen LogP contribution in [0.1, 0.15) is 45.4 Å². The fourth-order valence-electron chi connectivity index (χ4n) is 5.95. The first-order valence-electron chi connectivity index (χ1n) is 10.1. The topological polar surface area (TPSA) is 59.8 Å². The Morgan fingerprint density at radius 2 is 1.93 bits per heavy atom. The molecule has 4 saturated carbocycles. The number of carbonyl (C=O) groups excluding carboxylic acids is 1. The minimum absolute atomic E-state index is 0.0429. The molecule has 2 aromatic rings. The summed E-state index contributed by atoms with van der Waals surface area (Å²) in [5, 5.41) is 12.9. The van der Waals surface area contributed by atoms with Gasteiger partial charge in [-0.2, -0.15) is 0 Å². The Morgan fingerprint density at radius 3 is 2.57 bits per heavy atom. The predicted molar refractivity (Wildman–Crippen MR) is 111 cm³/mol. The number of aromatic nitrogens is 3. The Labute approximate surface area is 174 Å². The molecule has 0 aliphatic heterocycles. The van der Waals surface area contributed by atoms with Gasteiger partial charge in [-0.15, -0.1) is 10.2 Å². The maximum absolute atomic E-state index is 13.0. The Morgan fingerprint density at radius 1 is 1.25 bits per heavy atom. The summed E-state index contributed by atoms with van der Waals surface area (Å²) in [4.78, 5) is 13.0. The number of carbonyl (C=O) groups is 1. The average Bonchev–Trinajstić information content (AvgIpc) is 3.08. The predicted octanol–water partition coefficient (Wildman–Crippen LogP) is 4.49. The summed E-state index contributed by atoms with van der Waals surface area (Å²) in [6.07, 6.45) is 9.30. The summed E-state index contributed by atoms with van der Waals surface area (Å²) < 4.78 is 1.88. The van der Waals surface area contributed by atoms with Crippen molar-refractivity contribution in [1.29, 1.82) is 0 Å². The summed E-state index contributed by atoms with van der Waals surface area (Å²) in [5.74, 6) is 2.58. The summed E-state index contributed by atoms with van der Waals surface area (Å²) >= 11 is 7.57. The van der Waals surface area contributed by atoms with E-state index in [4.69, 9.17) is 11.6 Å². The van der Waals surface area contributed by atoms with Gasteiger partial charge >= 0.3 is 0 Å². The van der Waals surface area contributed by atoms with Gasteiger partial charge in [-0.1, -0.05) is 29.4 Å². The van der Waals surface area contributed by atoms with Gasteiger partial charge in [-0.25, -0.2) is 0 Å². The van der Waals surface area contributed by atoms with E-state index in [-0.39, 0.29) is 16.7 Å². The zero-order valence-corrected chi connectivity index (χ0v) is 17.5. The molecular formula is C21H25ClN4OS. The minimum Gasteiger partial charge on any atom is -0.350 e. The van der Waals surface area contributed by atoms with Gasteiger partial charge in [0.2, 0.25) is 5.91 Å². The Bertz CT molecular complexity index is 863. The Hall–Kier alpha value is -1.53. The first-order chi connectivity index (χ1) is 13.5. The van der Waals surface area contributed by atoms with Crippen molar-refractivity contribution in [3.05, 3.63) is 35.6 Å². The van der Waals surface area contributed by atoms with Crippen LogP contribution in [0.25, 0.3) is 5.69 Å². The zero-order valence-electron chi connectivity index (χ0n) is 16.0. The van der Waals surface area contributed by atoms with Gasteiger partial charge in [0.1, 0.15) is 6.33 Å². The summed E-state index contributed by atoms with van der Waals surface area (Å²) in [6, 6.07) is 7.56. The van der Waals surface area contributed by atoms with E-state index in [1.165, 1.54) is 50.3 Å². The van der Waals surface area contributed by atoms with Crippen LogP contribution in [0, 0.1) is 17.8 Å². The van der Waals surface area contributed by atoms with Crippen LogP contribution in [-0.4, -0.2) is 31.5 Å². The molecule has 1 aromatic heterocycles. The lowest BCUT2D eigenvalue weighted by molar-refractivity contribution is -0.126. The maximum Gasteiger partial charge on any atom is 0.233 e. The third kappa shape index (κ3) is 3.45. The number of hydrogen-bond donors (Lipinski definition) is 1. The number of halogens is 1. The molecule has 4 bridgehead atoms. The van der Waals surface area contributed by atoms with Gasteiger partial charge < -0.3 is 5.32 Å². The van der Waals surface area contributed by atoms with Crippen LogP contribution in [0.5, 0.6) is 0 Å². The molecule has 148 valence electrons. The summed E-state index contributed by atoms with van der Waals surface area (Å²) in [5.41, 5.74) is 0.940.